The van der Waals surface area contributed by atoms with Crippen LogP contribution in [0.2, 0.25) is 0 Å². The van der Waals surface area contributed by atoms with Crippen LogP contribution >= 0.6 is 0 Å². The quantitative estimate of drug-likeness (QED) is 0.811. The zero-order valence-corrected chi connectivity index (χ0v) is 11.3. The molecule has 1 aromatic heterocycles. The Morgan fingerprint density at radius 1 is 0.944 bits per heavy atom. The van der Waals surface area contributed by atoms with Crippen molar-refractivity contribution in [3.05, 3.63) is 17.1 Å². The van der Waals surface area contributed by atoms with Crippen LogP contribution in [0.4, 0.5) is 5.82 Å². The number of hydrogen-bond acceptors (Lipinski definition) is 3. The number of aryl methyl sites for hydroxylation is 1. The van der Waals surface area contributed by atoms with Crippen molar-refractivity contribution >= 4 is 5.82 Å². The summed E-state index contributed by atoms with van der Waals surface area (Å²) in [5.74, 6) is 2.83. The number of fused-ring (bicyclic) bond motifs is 1. The van der Waals surface area contributed by atoms with Crippen molar-refractivity contribution in [2.45, 2.75) is 63.7 Å². The Labute approximate surface area is 109 Å². The summed E-state index contributed by atoms with van der Waals surface area (Å²) < 4.78 is 0. The summed E-state index contributed by atoms with van der Waals surface area (Å²) in [6.45, 7) is 0. The molecule has 0 spiro atoms. The van der Waals surface area contributed by atoms with Gasteiger partial charge in [-0.05, 0) is 38.5 Å². The molecular weight excluding hydrogens is 222 g/mol. The van der Waals surface area contributed by atoms with Gasteiger partial charge in [-0.1, -0.05) is 19.3 Å². The Bertz CT molecular complexity index is 422. The second-order valence-corrected chi connectivity index (χ2v) is 5.65. The van der Waals surface area contributed by atoms with E-state index in [-0.39, 0.29) is 0 Å². The molecule has 98 valence electrons. The second kappa shape index (κ2) is 5.25. The van der Waals surface area contributed by atoms with Crippen molar-refractivity contribution in [1.29, 1.82) is 0 Å². The van der Waals surface area contributed by atoms with E-state index in [9.17, 15) is 0 Å². The van der Waals surface area contributed by atoms with Crippen LogP contribution in [0.3, 0.4) is 0 Å². The lowest BCUT2D eigenvalue weighted by Gasteiger charge is -2.15. The fourth-order valence-corrected chi connectivity index (χ4v) is 3.36. The van der Waals surface area contributed by atoms with E-state index in [1.54, 1.807) is 0 Å². The van der Waals surface area contributed by atoms with E-state index >= 15 is 0 Å². The molecule has 0 aromatic carbocycles. The van der Waals surface area contributed by atoms with Gasteiger partial charge >= 0.3 is 0 Å². The first-order chi connectivity index (χ1) is 8.88. The molecule has 0 aliphatic heterocycles. The highest BCUT2D eigenvalue weighted by Gasteiger charge is 2.23. The average Bonchev–Trinajstić information content (AvgIpc) is 2.83. The Balaban J connectivity index is 1.98. The fraction of sp³-hybridized carbons (Fsp3) is 0.733. The summed E-state index contributed by atoms with van der Waals surface area (Å²) in [7, 11) is 1.99. The van der Waals surface area contributed by atoms with E-state index in [2.05, 4.69) is 5.32 Å². The van der Waals surface area contributed by atoms with Gasteiger partial charge in [0.05, 0.1) is 0 Å². The predicted molar refractivity (Wildman–Crippen MR) is 74.0 cm³/mol. The molecular formula is C15H23N3. The minimum atomic E-state index is 0.616. The summed E-state index contributed by atoms with van der Waals surface area (Å²) in [6.07, 6.45) is 11.5. The molecule has 3 rings (SSSR count). The minimum absolute atomic E-state index is 0.616. The van der Waals surface area contributed by atoms with Crippen molar-refractivity contribution in [3.8, 4) is 0 Å². The van der Waals surface area contributed by atoms with Crippen LogP contribution in [0, 0.1) is 0 Å². The Kier molecular flexibility index (Phi) is 3.48. The van der Waals surface area contributed by atoms with E-state index < -0.39 is 0 Å². The maximum Gasteiger partial charge on any atom is 0.134 e. The molecule has 1 heterocycles. The largest absolute Gasteiger partial charge is 0.373 e. The zero-order chi connectivity index (χ0) is 12.4. The van der Waals surface area contributed by atoms with Crippen LogP contribution in [0.5, 0.6) is 0 Å². The van der Waals surface area contributed by atoms with Gasteiger partial charge in [-0.25, -0.2) is 9.97 Å². The highest BCUT2D eigenvalue weighted by atomic mass is 15.0. The SMILES string of the molecule is CNc1nc(C2CCCC2)nc2c1CCCCC2. The fourth-order valence-electron chi connectivity index (χ4n) is 3.36. The molecule has 1 N–H and O–H groups in total. The number of anilines is 1. The van der Waals surface area contributed by atoms with Crippen LogP contribution < -0.4 is 5.32 Å². The third kappa shape index (κ3) is 2.23. The lowest BCUT2D eigenvalue weighted by molar-refractivity contribution is 0.656. The molecule has 1 aromatic rings. The smallest absolute Gasteiger partial charge is 0.134 e. The van der Waals surface area contributed by atoms with E-state index in [1.165, 1.54) is 56.2 Å². The first-order valence-electron chi connectivity index (χ1n) is 7.46. The highest BCUT2D eigenvalue weighted by Crippen LogP contribution is 2.34. The lowest BCUT2D eigenvalue weighted by atomic mass is 10.1. The summed E-state index contributed by atoms with van der Waals surface area (Å²) >= 11 is 0. The number of rotatable bonds is 2. The van der Waals surface area contributed by atoms with Crippen LogP contribution in [-0.2, 0) is 12.8 Å². The lowest BCUT2D eigenvalue weighted by Crippen LogP contribution is -2.10. The van der Waals surface area contributed by atoms with Gasteiger partial charge in [0.2, 0.25) is 0 Å². The molecule has 0 saturated heterocycles. The third-order valence-corrected chi connectivity index (χ3v) is 4.41. The van der Waals surface area contributed by atoms with Gasteiger partial charge in [-0.2, -0.15) is 0 Å². The molecule has 18 heavy (non-hydrogen) atoms. The molecule has 3 nitrogen and oxygen atoms in total. The van der Waals surface area contributed by atoms with Crippen LogP contribution in [0.15, 0.2) is 0 Å². The molecule has 2 aliphatic carbocycles. The third-order valence-electron chi connectivity index (χ3n) is 4.41. The van der Waals surface area contributed by atoms with E-state index in [0.717, 1.165) is 24.5 Å². The van der Waals surface area contributed by atoms with Crippen LogP contribution in [-0.4, -0.2) is 17.0 Å². The van der Waals surface area contributed by atoms with E-state index in [1.807, 2.05) is 7.05 Å². The number of hydrogen-bond donors (Lipinski definition) is 1. The van der Waals surface area contributed by atoms with Gasteiger partial charge in [-0.15, -0.1) is 0 Å². The van der Waals surface area contributed by atoms with E-state index in [4.69, 9.17) is 9.97 Å². The van der Waals surface area contributed by atoms with Gasteiger partial charge in [0.15, 0.2) is 0 Å². The van der Waals surface area contributed by atoms with Crippen molar-refractivity contribution in [1.82, 2.24) is 9.97 Å². The maximum absolute atomic E-state index is 4.91. The van der Waals surface area contributed by atoms with E-state index in [0.29, 0.717) is 5.92 Å². The van der Waals surface area contributed by atoms with Gasteiger partial charge in [0.1, 0.15) is 11.6 Å². The highest BCUT2D eigenvalue weighted by molar-refractivity contribution is 5.47. The Hall–Kier alpha value is -1.12. The molecule has 0 radical (unpaired) electrons. The normalized spacial score (nSPS) is 20.5. The minimum Gasteiger partial charge on any atom is -0.373 e. The summed E-state index contributed by atoms with van der Waals surface area (Å²) in [6, 6.07) is 0. The molecule has 0 amide bonds. The Morgan fingerprint density at radius 3 is 2.50 bits per heavy atom. The summed E-state index contributed by atoms with van der Waals surface area (Å²) in [5, 5.41) is 3.30. The van der Waals surface area contributed by atoms with Crippen LogP contribution in [0.25, 0.3) is 0 Å². The number of nitrogens with zero attached hydrogens (tertiary/aromatic N) is 2. The van der Waals surface area contributed by atoms with Gasteiger partial charge in [0, 0.05) is 24.2 Å². The molecule has 2 aliphatic rings. The van der Waals surface area contributed by atoms with Crippen molar-refractivity contribution in [2.24, 2.45) is 0 Å². The Morgan fingerprint density at radius 2 is 1.72 bits per heavy atom. The van der Waals surface area contributed by atoms with Crippen molar-refractivity contribution in [3.63, 3.8) is 0 Å². The summed E-state index contributed by atoms with van der Waals surface area (Å²) in [5.41, 5.74) is 2.71. The first kappa shape index (κ1) is 11.9. The molecule has 1 fully saturated rings. The first-order valence-corrected chi connectivity index (χ1v) is 7.46. The molecule has 0 bridgehead atoms. The van der Waals surface area contributed by atoms with Gasteiger partial charge in [0.25, 0.3) is 0 Å². The van der Waals surface area contributed by atoms with Crippen molar-refractivity contribution in [2.75, 3.05) is 12.4 Å². The van der Waals surface area contributed by atoms with Crippen LogP contribution in [0.1, 0.15) is 67.9 Å². The zero-order valence-electron chi connectivity index (χ0n) is 11.3. The average molecular weight is 245 g/mol. The molecule has 0 unspecified atom stereocenters. The number of aromatic nitrogens is 2. The molecule has 1 saturated carbocycles. The molecule has 3 heteroatoms. The predicted octanol–water partition coefficient (Wildman–Crippen LogP) is 3.44. The monoisotopic (exact) mass is 245 g/mol. The number of nitrogens with one attached hydrogen (secondary N) is 1. The van der Waals surface area contributed by atoms with Crippen molar-refractivity contribution < 1.29 is 0 Å². The topological polar surface area (TPSA) is 37.8 Å². The maximum atomic E-state index is 4.91. The summed E-state index contributed by atoms with van der Waals surface area (Å²) in [4.78, 5) is 9.72. The standard InChI is InChI=1S/C15H23N3/c1-16-15-12-9-3-2-4-10-13(12)17-14(18-15)11-7-5-6-8-11/h11H,2-10H2,1H3,(H,16,17,18). The van der Waals surface area contributed by atoms with Gasteiger partial charge < -0.3 is 5.32 Å². The molecule has 0 atom stereocenters. The second-order valence-electron chi connectivity index (χ2n) is 5.65. The van der Waals surface area contributed by atoms with Gasteiger partial charge in [-0.3, -0.25) is 0 Å².